The molecule has 0 rings (SSSR count). The molecule has 0 saturated carbocycles. The zero-order valence-corrected chi connectivity index (χ0v) is 8.79. The number of carbonyl (C=O) groups is 2. The average Bonchev–Trinajstić information content (AvgIpc) is 2.03. The van der Waals surface area contributed by atoms with Gasteiger partial charge in [-0.3, -0.25) is 9.59 Å². The Labute approximate surface area is 79.5 Å². The second kappa shape index (κ2) is 5.73. The monoisotopic (exact) mass is 186 g/mol. The molecule has 0 fully saturated rings. The highest BCUT2D eigenvalue weighted by atomic mass is 16.5. The third-order valence-corrected chi connectivity index (χ3v) is 2.13. The van der Waals surface area contributed by atoms with E-state index >= 15 is 0 Å². The van der Waals surface area contributed by atoms with E-state index in [1.807, 2.05) is 20.8 Å². The van der Waals surface area contributed by atoms with Crippen LogP contribution in [0.5, 0.6) is 0 Å². The van der Waals surface area contributed by atoms with E-state index in [9.17, 15) is 9.59 Å². The Balaban J connectivity index is 3.93. The number of esters is 1. The van der Waals surface area contributed by atoms with Crippen molar-refractivity contribution in [3.63, 3.8) is 0 Å². The van der Waals surface area contributed by atoms with Gasteiger partial charge in [0.2, 0.25) is 0 Å². The maximum atomic E-state index is 11.4. The summed E-state index contributed by atoms with van der Waals surface area (Å²) in [5.41, 5.74) is 0. The molecule has 13 heavy (non-hydrogen) atoms. The quantitative estimate of drug-likeness (QED) is 0.485. The van der Waals surface area contributed by atoms with Crippen LogP contribution >= 0.6 is 0 Å². The molecule has 0 N–H and O–H groups in total. The van der Waals surface area contributed by atoms with Crippen molar-refractivity contribution in [1.82, 2.24) is 0 Å². The third-order valence-electron chi connectivity index (χ3n) is 2.13. The summed E-state index contributed by atoms with van der Waals surface area (Å²) in [4.78, 5) is 22.3. The van der Waals surface area contributed by atoms with Crippen molar-refractivity contribution in [3.05, 3.63) is 0 Å². The first-order chi connectivity index (χ1) is 5.99. The van der Waals surface area contributed by atoms with E-state index in [4.69, 9.17) is 0 Å². The van der Waals surface area contributed by atoms with Crippen molar-refractivity contribution < 1.29 is 14.3 Å². The van der Waals surface area contributed by atoms with Crippen molar-refractivity contribution in [2.75, 3.05) is 6.61 Å². The highest BCUT2D eigenvalue weighted by Gasteiger charge is 2.19. The summed E-state index contributed by atoms with van der Waals surface area (Å²) < 4.78 is 4.68. The molecule has 0 spiro atoms. The van der Waals surface area contributed by atoms with Gasteiger partial charge >= 0.3 is 5.97 Å². The van der Waals surface area contributed by atoms with Gasteiger partial charge in [-0.15, -0.1) is 0 Å². The molecule has 76 valence electrons. The summed E-state index contributed by atoms with van der Waals surface area (Å²) in [5, 5.41) is 0. The summed E-state index contributed by atoms with van der Waals surface area (Å²) >= 11 is 0. The predicted molar refractivity (Wildman–Crippen MR) is 50.3 cm³/mol. The first kappa shape index (κ1) is 12.1. The number of hydrogen-bond acceptors (Lipinski definition) is 3. The Morgan fingerprint density at radius 1 is 1.23 bits per heavy atom. The predicted octanol–water partition coefficient (Wildman–Crippen LogP) is 1.80. The highest BCUT2D eigenvalue weighted by Crippen LogP contribution is 2.12. The van der Waals surface area contributed by atoms with Crippen molar-refractivity contribution in [1.29, 1.82) is 0 Å². The van der Waals surface area contributed by atoms with Gasteiger partial charge in [-0.25, -0.2) is 0 Å². The van der Waals surface area contributed by atoms with Gasteiger partial charge in [0.05, 0.1) is 6.61 Å². The molecule has 0 aromatic rings. The Morgan fingerprint density at radius 3 is 2.15 bits per heavy atom. The van der Waals surface area contributed by atoms with Crippen LogP contribution in [0.15, 0.2) is 0 Å². The van der Waals surface area contributed by atoms with E-state index in [1.165, 1.54) is 0 Å². The van der Waals surface area contributed by atoms with Gasteiger partial charge in [0.25, 0.3) is 0 Å². The van der Waals surface area contributed by atoms with Gasteiger partial charge < -0.3 is 4.74 Å². The van der Waals surface area contributed by atoms with Crippen LogP contribution in [-0.2, 0) is 14.3 Å². The number of carbonyl (C=O) groups excluding carboxylic acids is 2. The Morgan fingerprint density at radius 2 is 1.77 bits per heavy atom. The zero-order valence-electron chi connectivity index (χ0n) is 8.79. The van der Waals surface area contributed by atoms with Gasteiger partial charge in [-0.1, -0.05) is 20.8 Å². The van der Waals surface area contributed by atoms with E-state index in [0.29, 0.717) is 6.61 Å². The lowest BCUT2D eigenvalue weighted by Crippen LogP contribution is -2.21. The fraction of sp³-hybridized carbons (Fsp3) is 0.800. The standard InChI is InChI=1S/C10H18O3/c1-5-13-10(12)6-9(11)8(4)7(2)3/h7-8H,5-6H2,1-4H3. The topological polar surface area (TPSA) is 43.4 Å². The van der Waals surface area contributed by atoms with Gasteiger partial charge in [0.15, 0.2) is 0 Å². The smallest absolute Gasteiger partial charge is 0.313 e. The van der Waals surface area contributed by atoms with Crippen LogP contribution < -0.4 is 0 Å². The largest absolute Gasteiger partial charge is 0.466 e. The van der Waals surface area contributed by atoms with Crippen LogP contribution in [0.1, 0.15) is 34.1 Å². The normalized spacial score (nSPS) is 12.7. The van der Waals surface area contributed by atoms with Crippen molar-refractivity contribution in [3.8, 4) is 0 Å². The van der Waals surface area contributed by atoms with E-state index in [-0.39, 0.29) is 24.0 Å². The number of hydrogen-bond donors (Lipinski definition) is 0. The van der Waals surface area contributed by atoms with Gasteiger partial charge in [-0.05, 0) is 12.8 Å². The van der Waals surface area contributed by atoms with Crippen LogP contribution in [0.4, 0.5) is 0 Å². The molecule has 0 saturated heterocycles. The number of Topliss-reactive ketones (excluding diaryl/α,β-unsaturated/α-hetero) is 1. The lowest BCUT2D eigenvalue weighted by Gasteiger charge is -2.13. The van der Waals surface area contributed by atoms with Crippen molar-refractivity contribution in [2.45, 2.75) is 34.1 Å². The molecule has 0 amide bonds. The van der Waals surface area contributed by atoms with E-state index in [0.717, 1.165) is 0 Å². The van der Waals surface area contributed by atoms with Crippen LogP contribution in [0.25, 0.3) is 0 Å². The maximum absolute atomic E-state index is 11.4. The first-order valence-corrected chi connectivity index (χ1v) is 4.67. The molecule has 0 bridgehead atoms. The van der Waals surface area contributed by atoms with Gasteiger partial charge in [-0.2, -0.15) is 0 Å². The Bertz CT molecular complexity index is 185. The van der Waals surface area contributed by atoms with Crippen molar-refractivity contribution >= 4 is 11.8 Å². The molecule has 1 atom stereocenters. The summed E-state index contributed by atoms with van der Waals surface area (Å²) in [6.45, 7) is 7.84. The molecule has 0 heterocycles. The molecule has 0 aromatic carbocycles. The molecule has 0 aromatic heterocycles. The molecule has 3 nitrogen and oxygen atoms in total. The second-order valence-corrected chi connectivity index (χ2v) is 3.48. The van der Waals surface area contributed by atoms with Crippen LogP contribution in [0, 0.1) is 11.8 Å². The van der Waals surface area contributed by atoms with Crippen molar-refractivity contribution in [2.24, 2.45) is 11.8 Å². The van der Waals surface area contributed by atoms with Crippen LogP contribution in [-0.4, -0.2) is 18.4 Å². The van der Waals surface area contributed by atoms with Crippen LogP contribution in [0.3, 0.4) is 0 Å². The number of ketones is 1. The van der Waals surface area contributed by atoms with Gasteiger partial charge in [0, 0.05) is 5.92 Å². The maximum Gasteiger partial charge on any atom is 0.313 e. The molecular formula is C10H18O3. The minimum absolute atomic E-state index is 0.0338. The van der Waals surface area contributed by atoms with Crippen LogP contribution in [0.2, 0.25) is 0 Å². The molecule has 0 aliphatic carbocycles. The number of rotatable bonds is 5. The molecule has 0 radical (unpaired) electrons. The van der Waals surface area contributed by atoms with E-state index in [1.54, 1.807) is 6.92 Å². The Hall–Kier alpha value is -0.860. The lowest BCUT2D eigenvalue weighted by molar-refractivity contribution is -0.146. The first-order valence-electron chi connectivity index (χ1n) is 4.67. The Kier molecular flexibility index (Phi) is 5.35. The molecular weight excluding hydrogens is 168 g/mol. The lowest BCUT2D eigenvalue weighted by atomic mass is 9.92. The molecule has 0 aliphatic heterocycles. The minimum Gasteiger partial charge on any atom is -0.466 e. The summed E-state index contributed by atoms with van der Waals surface area (Å²) in [6.07, 6.45) is -0.0901. The van der Waals surface area contributed by atoms with E-state index < -0.39 is 5.97 Å². The molecule has 1 unspecified atom stereocenters. The fourth-order valence-corrected chi connectivity index (χ4v) is 0.887. The van der Waals surface area contributed by atoms with Gasteiger partial charge in [0.1, 0.15) is 12.2 Å². The SMILES string of the molecule is CCOC(=O)CC(=O)C(C)C(C)C. The summed E-state index contributed by atoms with van der Waals surface area (Å²) in [6, 6.07) is 0. The fourth-order valence-electron chi connectivity index (χ4n) is 0.887. The molecule has 3 heteroatoms. The summed E-state index contributed by atoms with van der Waals surface area (Å²) in [5.74, 6) is -0.236. The van der Waals surface area contributed by atoms with E-state index in [2.05, 4.69) is 4.74 Å². The number of ether oxygens (including phenoxy) is 1. The molecule has 0 aliphatic rings. The third kappa shape index (κ3) is 4.65. The second-order valence-electron chi connectivity index (χ2n) is 3.48. The minimum atomic E-state index is -0.417. The average molecular weight is 186 g/mol. The summed E-state index contributed by atoms with van der Waals surface area (Å²) in [7, 11) is 0. The highest BCUT2D eigenvalue weighted by molar-refractivity contribution is 5.96. The zero-order chi connectivity index (χ0) is 10.4.